The van der Waals surface area contributed by atoms with E-state index in [4.69, 9.17) is 14.6 Å². The van der Waals surface area contributed by atoms with E-state index < -0.39 is 24.1 Å². The molecule has 1 aliphatic carbocycles. The van der Waals surface area contributed by atoms with Gasteiger partial charge in [-0.1, -0.05) is 55.5 Å². The molecule has 0 aromatic heterocycles. The van der Waals surface area contributed by atoms with Crippen LogP contribution in [0.15, 0.2) is 48.5 Å². The molecule has 2 aliphatic rings. The van der Waals surface area contributed by atoms with E-state index >= 15 is 0 Å². The third kappa shape index (κ3) is 5.17. The van der Waals surface area contributed by atoms with Gasteiger partial charge in [0.15, 0.2) is 0 Å². The van der Waals surface area contributed by atoms with Crippen LogP contribution in [0.5, 0.6) is 0 Å². The number of ether oxygens (including phenoxy) is 2. The Balaban J connectivity index is 1.28. The number of carboxylic acids is 1. The van der Waals surface area contributed by atoms with Gasteiger partial charge in [-0.2, -0.15) is 0 Å². The molecule has 2 unspecified atom stereocenters. The van der Waals surface area contributed by atoms with Gasteiger partial charge in [0.1, 0.15) is 6.61 Å². The molecule has 2 amide bonds. The molecule has 1 aliphatic heterocycles. The Morgan fingerprint density at radius 1 is 1.12 bits per heavy atom. The summed E-state index contributed by atoms with van der Waals surface area (Å²) in [4.78, 5) is 37.6. The number of benzene rings is 2. The predicted molar refractivity (Wildman–Crippen MR) is 121 cm³/mol. The molecule has 4 rings (SSSR count). The fourth-order valence-electron chi connectivity index (χ4n) is 4.52. The zero-order valence-electron chi connectivity index (χ0n) is 18.5. The smallest absolute Gasteiger partial charge is 0.407 e. The summed E-state index contributed by atoms with van der Waals surface area (Å²) < 4.78 is 10.9. The first-order valence-corrected chi connectivity index (χ1v) is 11.1. The summed E-state index contributed by atoms with van der Waals surface area (Å²) in [6.07, 6.45) is -1.22. The number of carbonyl (C=O) groups is 3. The molecule has 0 saturated carbocycles. The Kier molecular flexibility index (Phi) is 6.93. The minimum absolute atomic E-state index is 0.0262. The predicted octanol–water partition coefficient (Wildman–Crippen LogP) is 2.86. The second kappa shape index (κ2) is 10.0. The van der Waals surface area contributed by atoms with E-state index in [0.29, 0.717) is 13.2 Å². The molecule has 0 radical (unpaired) electrons. The minimum atomic E-state index is -0.959. The van der Waals surface area contributed by atoms with Crippen LogP contribution in [0.4, 0.5) is 4.79 Å². The normalized spacial score (nSPS) is 18.2. The van der Waals surface area contributed by atoms with Gasteiger partial charge in [0.25, 0.3) is 0 Å². The third-order valence-corrected chi connectivity index (χ3v) is 6.17. The highest BCUT2D eigenvalue weighted by molar-refractivity contribution is 5.80. The van der Waals surface area contributed by atoms with Crippen LogP contribution in [0.2, 0.25) is 0 Å². The van der Waals surface area contributed by atoms with Gasteiger partial charge >= 0.3 is 12.1 Å². The molecule has 0 spiro atoms. The van der Waals surface area contributed by atoms with E-state index in [-0.39, 0.29) is 37.9 Å². The number of amides is 2. The summed E-state index contributed by atoms with van der Waals surface area (Å²) in [6, 6.07) is 16.2. The summed E-state index contributed by atoms with van der Waals surface area (Å²) in [6.45, 7) is 3.02. The summed E-state index contributed by atoms with van der Waals surface area (Å²) in [5.74, 6) is -1.59. The monoisotopic (exact) mass is 452 g/mol. The summed E-state index contributed by atoms with van der Waals surface area (Å²) in [7, 11) is 0. The number of carbonyl (C=O) groups excluding carboxylic acids is 2. The number of nitrogens with one attached hydrogen (secondary N) is 1. The average Bonchev–Trinajstić information content (AvgIpc) is 3.14. The van der Waals surface area contributed by atoms with Crippen LogP contribution in [-0.2, 0) is 19.1 Å². The minimum Gasteiger partial charge on any atom is -0.481 e. The second-order valence-corrected chi connectivity index (χ2v) is 8.48. The Morgan fingerprint density at radius 3 is 2.39 bits per heavy atom. The highest BCUT2D eigenvalue weighted by atomic mass is 16.5. The van der Waals surface area contributed by atoms with Gasteiger partial charge in [0.2, 0.25) is 5.91 Å². The maximum Gasteiger partial charge on any atom is 0.407 e. The fraction of sp³-hybridized carbons (Fsp3) is 0.400. The van der Waals surface area contributed by atoms with Gasteiger partial charge in [0, 0.05) is 25.6 Å². The van der Waals surface area contributed by atoms with E-state index in [9.17, 15) is 14.4 Å². The highest BCUT2D eigenvalue weighted by Crippen LogP contribution is 2.44. The Morgan fingerprint density at radius 2 is 1.76 bits per heavy atom. The second-order valence-electron chi connectivity index (χ2n) is 8.48. The van der Waals surface area contributed by atoms with E-state index in [1.54, 1.807) is 11.8 Å². The lowest BCUT2D eigenvalue weighted by molar-refractivity contribution is -0.149. The molecule has 174 valence electrons. The van der Waals surface area contributed by atoms with Crippen molar-refractivity contribution in [2.45, 2.75) is 25.4 Å². The number of carboxylic acid groups (broad SMARTS) is 1. The zero-order valence-corrected chi connectivity index (χ0v) is 18.5. The lowest BCUT2D eigenvalue weighted by atomic mass is 9.98. The van der Waals surface area contributed by atoms with Crippen molar-refractivity contribution in [1.29, 1.82) is 0 Å². The fourth-order valence-corrected chi connectivity index (χ4v) is 4.52. The van der Waals surface area contributed by atoms with Gasteiger partial charge in [-0.25, -0.2) is 4.79 Å². The van der Waals surface area contributed by atoms with Crippen LogP contribution in [0.1, 0.15) is 30.4 Å². The van der Waals surface area contributed by atoms with Gasteiger partial charge in [-0.15, -0.1) is 0 Å². The molecule has 0 bridgehead atoms. The first-order valence-electron chi connectivity index (χ1n) is 11.1. The molecule has 2 atom stereocenters. The number of nitrogens with zero attached hydrogens (tertiary/aromatic N) is 1. The van der Waals surface area contributed by atoms with Crippen LogP contribution in [-0.4, -0.2) is 66.9 Å². The number of hydrogen-bond acceptors (Lipinski definition) is 5. The lowest BCUT2D eigenvalue weighted by Gasteiger charge is -2.34. The maximum absolute atomic E-state index is 12.7. The molecule has 1 fully saturated rings. The van der Waals surface area contributed by atoms with Gasteiger partial charge in [-0.3, -0.25) is 9.59 Å². The van der Waals surface area contributed by atoms with Gasteiger partial charge in [-0.05, 0) is 22.3 Å². The van der Waals surface area contributed by atoms with Crippen molar-refractivity contribution in [3.63, 3.8) is 0 Å². The number of aliphatic carboxylic acids is 1. The largest absolute Gasteiger partial charge is 0.481 e. The summed E-state index contributed by atoms with van der Waals surface area (Å²) in [5, 5.41) is 11.6. The Bertz CT molecular complexity index is 994. The SMILES string of the molecule is CC(CNC(=O)OCC1c2ccccc2-c2ccccc21)C(=O)N1CCOC(CC(=O)O)C1. The molecule has 33 heavy (non-hydrogen) atoms. The number of hydrogen-bond donors (Lipinski definition) is 2. The van der Waals surface area contributed by atoms with Crippen LogP contribution in [0, 0.1) is 5.92 Å². The summed E-state index contributed by atoms with van der Waals surface area (Å²) >= 11 is 0. The zero-order chi connectivity index (χ0) is 23.4. The molecular formula is C25H28N2O6. The number of fused-ring (bicyclic) bond motifs is 3. The quantitative estimate of drug-likeness (QED) is 0.669. The third-order valence-electron chi connectivity index (χ3n) is 6.17. The topological polar surface area (TPSA) is 105 Å². The van der Waals surface area contributed by atoms with E-state index in [1.165, 1.54) is 0 Å². The first-order chi connectivity index (χ1) is 15.9. The van der Waals surface area contributed by atoms with Crippen molar-refractivity contribution in [2.75, 3.05) is 32.8 Å². The number of rotatable bonds is 7. The van der Waals surface area contributed by atoms with Crippen molar-refractivity contribution >= 4 is 18.0 Å². The van der Waals surface area contributed by atoms with E-state index in [0.717, 1.165) is 22.3 Å². The van der Waals surface area contributed by atoms with Crippen molar-refractivity contribution in [2.24, 2.45) is 5.92 Å². The van der Waals surface area contributed by atoms with Crippen LogP contribution >= 0.6 is 0 Å². The highest BCUT2D eigenvalue weighted by Gasteiger charge is 2.30. The molecule has 2 aromatic rings. The summed E-state index contributed by atoms with van der Waals surface area (Å²) in [5.41, 5.74) is 4.60. The van der Waals surface area contributed by atoms with Crippen molar-refractivity contribution in [1.82, 2.24) is 10.2 Å². The number of alkyl carbamates (subject to hydrolysis) is 1. The maximum atomic E-state index is 12.7. The van der Waals surface area contributed by atoms with Crippen LogP contribution in [0.3, 0.4) is 0 Å². The van der Waals surface area contributed by atoms with Crippen molar-refractivity contribution in [3.8, 4) is 11.1 Å². The Labute approximate surface area is 192 Å². The molecule has 1 heterocycles. The molecule has 1 saturated heterocycles. The van der Waals surface area contributed by atoms with E-state index in [2.05, 4.69) is 29.6 Å². The molecule has 2 aromatic carbocycles. The molecule has 2 N–H and O–H groups in total. The van der Waals surface area contributed by atoms with Gasteiger partial charge in [0.05, 0.1) is 25.0 Å². The molecular weight excluding hydrogens is 424 g/mol. The van der Waals surface area contributed by atoms with Gasteiger partial charge < -0.3 is 24.8 Å². The first kappa shape index (κ1) is 22.8. The van der Waals surface area contributed by atoms with Crippen molar-refractivity contribution in [3.05, 3.63) is 59.7 Å². The van der Waals surface area contributed by atoms with E-state index in [1.807, 2.05) is 24.3 Å². The Hall–Kier alpha value is -3.39. The molecule has 8 heteroatoms. The lowest BCUT2D eigenvalue weighted by Crippen LogP contribution is -2.49. The average molecular weight is 453 g/mol. The molecule has 8 nitrogen and oxygen atoms in total. The van der Waals surface area contributed by atoms with Crippen LogP contribution in [0.25, 0.3) is 11.1 Å². The standard InChI is InChI=1S/C25H28N2O6/c1-16(24(30)27-10-11-32-17(14-27)12-23(28)29)13-26-25(31)33-15-22-20-8-4-2-6-18(20)19-7-3-5-9-21(19)22/h2-9,16-17,22H,10-15H2,1H3,(H,26,31)(H,28,29). The number of morpholine rings is 1. The van der Waals surface area contributed by atoms with Crippen LogP contribution < -0.4 is 5.32 Å². The van der Waals surface area contributed by atoms with Crippen molar-refractivity contribution < 1.29 is 29.0 Å².